The zero-order valence-corrected chi connectivity index (χ0v) is 4.92. The van der Waals surface area contributed by atoms with Gasteiger partial charge in [0, 0.05) is 0 Å². The van der Waals surface area contributed by atoms with Crippen molar-refractivity contribution in [3.05, 3.63) is 0 Å². The highest BCUT2D eigenvalue weighted by Crippen LogP contribution is 1.95. The summed E-state index contributed by atoms with van der Waals surface area (Å²) >= 11 is 0. The van der Waals surface area contributed by atoms with E-state index >= 15 is 0 Å². The molecule has 0 aromatic heterocycles. The fourth-order valence-electron chi connectivity index (χ4n) is 0.627. The van der Waals surface area contributed by atoms with Gasteiger partial charge in [0.05, 0.1) is 12.6 Å². The lowest BCUT2D eigenvalue weighted by Crippen LogP contribution is -2.26. The van der Waals surface area contributed by atoms with Gasteiger partial charge in [0.15, 0.2) is 0 Å². The minimum atomic E-state index is -0.0301. The Hall–Kier alpha value is -0.570. The van der Waals surface area contributed by atoms with Crippen LogP contribution in [0.5, 0.6) is 0 Å². The highest BCUT2D eigenvalue weighted by molar-refractivity contribution is 5.82. The maximum Gasteiger partial charge on any atom is 0.200 e. The summed E-state index contributed by atoms with van der Waals surface area (Å²) in [5.41, 5.74) is 5.44. The van der Waals surface area contributed by atoms with Crippen LogP contribution >= 0.6 is 0 Å². The molecular weight excluding hydrogens is 104 g/mol. The second kappa shape index (κ2) is 2.13. The summed E-state index contributed by atoms with van der Waals surface area (Å²) in [6.45, 7) is 3.35. The van der Waals surface area contributed by atoms with Gasteiger partial charge in [-0.25, -0.2) is 0 Å². The van der Waals surface area contributed by atoms with E-state index in [4.69, 9.17) is 10.5 Å². The number of nitrogens with two attached hydrogens (primary N) is 1. The van der Waals surface area contributed by atoms with Gasteiger partial charge in [-0.05, 0) is 6.92 Å². The number of aliphatic imine (C=N–C) groups is 1. The molecule has 0 aromatic carbocycles. The summed E-state index contributed by atoms with van der Waals surface area (Å²) < 4.78 is 5.04. The quantitative estimate of drug-likeness (QED) is 0.511. The van der Waals surface area contributed by atoms with Crippen molar-refractivity contribution in [1.29, 1.82) is 0 Å². The van der Waals surface area contributed by atoms with Crippen LogP contribution in [0.25, 0.3) is 0 Å². The van der Waals surface area contributed by atoms with Crippen molar-refractivity contribution in [2.24, 2.45) is 10.7 Å². The van der Waals surface area contributed by atoms with Crippen LogP contribution in [-0.4, -0.2) is 25.1 Å². The molecule has 0 fully saturated rings. The van der Waals surface area contributed by atoms with Gasteiger partial charge in [-0.3, -0.25) is 4.99 Å². The van der Waals surface area contributed by atoms with Crippen molar-refractivity contribution in [3.8, 4) is 0 Å². The Morgan fingerprint density at radius 3 is 2.88 bits per heavy atom. The Kier molecular flexibility index (Phi) is 1.48. The van der Waals surface area contributed by atoms with Gasteiger partial charge in [-0.2, -0.15) is 0 Å². The normalized spacial score (nSPS) is 22.0. The summed E-state index contributed by atoms with van der Waals surface area (Å²) in [6, 6.07) is -0.0301. The Morgan fingerprint density at radius 2 is 2.62 bits per heavy atom. The molecule has 1 aliphatic heterocycles. The summed E-state index contributed by atoms with van der Waals surface area (Å²) in [5.74, 6) is 0.699. The minimum absolute atomic E-state index is 0.0301. The van der Waals surface area contributed by atoms with Gasteiger partial charge in [0.1, 0.15) is 6.61 Å². The number of ether oxygens (including phenoxy) is 1. The van der Waals surface area contributed by atoms with Crippen molar-refractivity contribution in [2.75, 3.05) is 13.2 Å². The predicted molar refractivity (Wildman–Crippen MR) is 31.9 cm³/mol. The molecule has 0 radical (unpaired) electrons. The van der Waals surface area contributed by atoms with Crippen LogP contribution in [-0.2, 0) is 4.74 Å². The monoisotopic (exact) mass is 114 g/mol. The number of hydrogen-bond donors (Lipinski definition) is 1. The molecule has 0 amide bonds. The Balaban J connectivity index is 2.45. The SMILES string of the molecule is CC(N)C1=NCCO1. The highest BCUT2D eigenvalue weighted by atomic mass is 16.5. The third kappa shape index (κ3) is 0.980. The molecule has 3 heteroatoms. The molecule has 0 spiro atoms. The maximum atomic E-state index is 5.44. The first kappa shape index (κ1) is 5.56. The van der Waals surface area contributed by atoms with Crippen molar-refractivity contribution in [2.45, 2.75) is 13.0 Å². The fourth-order valence-corrected chi connectivity index (χ4v) is 0.627. The summed E-state index contributed by atoms with van der Waals surface area (Å²) in [7, 11) is 0. The summed E-state index contributed by atoms with van der Waals surface area (Å²) in [6.07, 6.45) is 0. The predicted octanol–water partition coefficient (Wildman–Crippen LogP) is -0.238. The molecule has 0 aromatic rings. The third-order valence-electron chi connectivity index (χ3n) is 0.998. The van der Waals surface area contributed by atoms with Crippen molar-refractivity contribution >= 4 is 5.90 Å². The standard InChI is InChI=1S/C5H10N2O/c1-4(6)5-7-2-3-8-5/h4H,2-3,6H2,1H3. The largest absolute Gasteiger partial charge is 0.478 e. The van der Waals surface area contributed by atoms with Crippen LogP contribution < -0.4 is 5.73 Å². The van der Waals surface area contributed by atoms with Gasteiger partial charge in [-0.15, -0.1) is 0 Å². The summed E-state index contributed by atoms with van der Waals surface area (Å²) in [4.78, 5) is 4.00. The lowest BCUT2D eigenvalue weighted by Gasteiger charge is -2.02. The van der Waals surface area contributed by atoms with Gasteiger partial charge >= 0.3 is 0 Å². The van der Waals surface area contributed by atoms with Crippen molar-refractivity contribution in [3.63, 3.8) is 0 Å². The first-order valence-electron chi connectivity index (χ1n) is 2.73. The van der Waals surface area contributed by atoms with Gasteiger partial charge in [-0.1, -0.05) is 0 Å². The smallest absolute Gasteiger partial charge is 0.200 e. The van der Waals surface area contributed by atoms with Gasteiger partial charge < -0.3 is 10.5 Å². The van der Waals surface area contributed by atoms with Crippen molar-refractivity contribution < 1.29 is 4.74 Å². The van der Waals surface area contributed by atoms with Crippen LogP contribution in [0.1, 0.15) is 6.92 Å². The van der Waals surface area contributed by atoms with Crippen LogP contribution in [0, 0.1) is 0 Å². The van der Waals surface area contributed by atoms with E-state index < -0.39 is 0 Å². The number of rotatable bonds is 1. The molecule has 1 rings (SSSR count). The van der Waals surface area contributed by atoms with Crippen LogP contribution in [0.2, 0.25) is 0 Å². The number of nitrogens with zero attached hydrogens (tertiary/aromatic N) is 1. The molecule has 0 aliphatic carbocycles. The molecule has 1 unspecified atom stereocenters. The van der Waals surface area contributed by atoms with E-state index in [9.17, 15) is 0 Å². The Bertz CT molecular complexity index is 109. The Morgan fingerprint density at radius 1 is 1.88 bits per heavy atom. The molecule has 3 nitrogen and oxygen atoms in total. The lowest BCUT2D eigenvalue weighted by atomic mass is 10.4. The van der Waals surface area contributed by atoms with E-state index in [1.807, 2.05) is 6.92 Å². The minimum Gasteiger partial charge on any atom is -0.478 e. The van der Waals surface area contributed by atoms with Crippen molar-refractivity contribution in [1.82, 2.24) is 0 Å². The van der Waals surface area contributed by atoms with Crippen LogP contribution in [0.3, 0.4) is 0 Å². The topological polar surface area (TPSA) is 47.6 Å². The van der Waals surface area contributed by atoms with Crippen LogP contribution in [0.4, 0.5) is 0 Å². The van der Waals surface area contributed by atoms with E-state index in [-0.39, 0.29) is 6.04 Å². The van der Waals surface area contributed by atoms with Crippen LogP contribution in [0.15, 0.2) is 4.99 Å². The van der Waals surface area contributed by atoms with Gasteiger partial charge in [0.25, 0.3) is 0 Å². The molecule has 1 atom stereocenters. The first-order chi connectivity index (χ1) is 3.80. The fraction of sp³-hybridized carbons (Fsp3) is 0.800. The van der Waals surface area contributed by atoms with E-state index in [1.165, 1.54) is 0 Å². The van der Waals surface area contributed by atoms with E-state index in [0.29, 0.717) is 12.5 Å². The zero-order chi connectivity index (χ0) is 5.98. The molecule has 2 N–H and O–H groups in total. The average Bonchev–Trinajstić information content (AvgIpc) is 2.12. The first-order valence-corrected chi connectivity index (χ1v) is 2.73. The molecular formula is C5H10N2O. The van der Waals surface area contributed by atoms with E-state index in [1.54, 1.807) is 0 Å². The lowest BCUT2D eigenvalue weighted by molar-refractivity contribution is 0.334. The average molecular weight is 114 g/mol. The summed E-state index contributed by atoms with van der Waals surface area (Å²) in [5, 5.41) is 0. The molecule has 0 bridgehead atoms. The maximum absolute atomic E-state index is 5.44. The number of hydrogen-bond acceptors (Lipinski definition) is 3. The van der Waals surface area contributed by atoms with Gasteiger partial charge in [0.2, 0.25) is 5.90 Å². The Labute approximate surface area is 48.5 Å². The zero-order valence-electron chi connectivity index (χ0n) is 4.92. The molecule has 0 saturated carbocycles. The molecule has 46 valence electrons. The van der Waals surface area contributed by atoms with E-state index in [2.05, 4.69) is 4.99 Å². The molecule has 0 saturated heterocycles. The van der Waals surface area contributed by atoms with E-state index in [0.717, 1.165) is 6.54 Å². The molecule has 1 heterocycles. The third-order valence-corrected chi connectivity index (χ3v) is 0.998. The molecule has 8 heavy (non-hydrogen) atoms. The molecule has 1 aliphatic rings. The second-order valence-corrected chi connectivity index (χ2v) is 1.86. The highest BCUT2D eigenvalue weighted by Gasteiger charge is 2.10. The second-order valence-electron chi connectivity index (χ2n) is 1.86.